The number of rotatable bonds is 1. The Bertz CT molecular complexity index is 781. The van der Waals surface area contributed by atoms with Crippen molar-refractivity contribution in [2.75, 3.05) is 13.1 Å². The van der Waals surface area contributed by atoms with Gasteiger partial charge in [0, 0.05) is 37.0 Å². The van der Waals surface area contributed by atoms with E-state index in [1.165, 1.54) is 4.90 Å². The summed E-state index contributed by atoms with van der Waals surface area (Å²) >= 11 is 0. The first-order chi connectivity index (χ1) is 11.2. The maximum absolute atomic E-state index is 12.9. The lowest BCUT2D eigenvalue weighted by molar-refractivity contribution is -0.271. The van der Waals surface area contributed by atoms with E-state index in [2.05, 4.69) is 4.98 Å². The Morgan fingerprint density at radius 1 is 1.21 bits per heavy atom. The molecular formula is C17H17F3N2O2. The molecule has 7 heteroatoms. The van der Waals surface area contributed by atoms with E-state index in [0.29, 0.717) is 11.1 Å². The maximum atomic E-state index is 12.9. The highest BCUT2D eigenvalue weighted by Crippen LogP contribution is 2.38. The van der Waals surface area contributed by atoms with Crippen molar-refractivity contribution in [3.63, 3.8) is 0 Å². The van der Waals surface area contributed by atoms with Crippen LogP contribution in [0.15, 0.2) is 30.3 Å². The molecule has 128 valence electrons. The number of aryl methyl sites for hydroxylation is 1. The summed E-state index contributed by atoms with van der Waals surface area (Å²) in [4.78, 5) is 18.4. The molecule has 0 atom stereocenters. The van der Waals surface area contributed by atoms with E-state index in [0.717, 1.165) is 11.1 Å². The van der Waals surface area contributed by atoms with Gasteiger partial charge in [-0.3, -0.25) is 9.78 Å². The molecule has 0 spiro atoms. The van der Waals surface area contributed by atoms with Gasteiger partial charge in [0.05, 0.1) is 11.1 Å². The zero-order chi connectivity index (χ0) is 17.5. The normalized spacial score (nSPS) is 18.0. The Morgan fingerprint density at radius 2 is 1.88 bits per heavy atom. The summed E-state index contributed by atoms with van der Waals surface area (Å²) in [5.74, 6) is -0.358. The van der Waals surface area contributed by atoms with Crippen LogP contribution in [0, 0.1) is 6.92 Å². The monoisotopic (exact) mass is 338 g/mol. The van der Waals surface area contributed by atoms with Gasteiger partial charge in [0.25, 0.3) is 5.91 Å². The number of likely N-dealkylation sites (tertiary alicyclic amines) is 1. The molecule has 24 heavy (non-hydrogen) atoms. The van der Waals surface area contributed by atoms with Crippen molar-refractivity contribution in [1.82, 2.24) is 9.88 Å². The highest BCUT2D eigenvalue weighted by atomic mass is 19.4. The van der Waals surface area contributed by atoms with Gasteiger partial charge in [-0.1, -0.05) is 18.2 Å². The zero-order valence-corrected chi connectivity index (χ0v) is 13.1. The number of para-hydroxylation sites is 1. The number of aliphatic hydroxyl groups is 1. The predicted molar refractivity (Wildman–Crippen MR) is 82.6 cm³/mol. The highest BCUT2D eigenvalue weighted by Gasteiger charge is 2.54. The van der Waals surface area contributed by atoms with Crippen LogP contribution in [0.25, 0.3) is 10.9 Å². The number of piperidine rings is 1. The van der Waals surface area contributed by atoms with Crippen LogP contribution in [0.4, 0.5) is 13.2 Å². The Morgan fingerprint density at radius 3 is 2.50 bits per heavy atom. The second kappa shape index (κ2) is 5.73. The van der Waals surface area contributed by atoms with Crippen LogP contribution >= 0.6 is 0 Å². The average molecular weight is 338 g/mol. The number of fused-ring (bicyclic) bond motifs is 1. The van der Waals surface area contributed by atoms with Gasteiger partial charge < -0.3 is 10.0 Å². The van der Waals surface area contributed by atoms with E-state index in [-0.39, 0.29) is 19.0 Å². The topological polar surface area (TPSA) is 53.4 Å². The number of halogens is 3. The number of carbonyl (C=O) groups is 1. The fraction of sp³-hybridized carbons (Fsp3) is 0.412. The average Bonchev–Trinajstić information content (AvgIpc) is 2.53. The molecule has 1 aliphatic rings. The molecule has 1 saturated heterocycles. The number of nitrogens with zero attached hydrogens (tertiary/aromatic N) is 2. The van der Waals surface area contributed by atoms with Crippen molar-refractivity contribution < 1.29 is 23.1 Å². The molecule has 0 saturated carbocycles. The van der Waals surface area contributed by atoms with Crippen LogP contribution in [0.3, 0.4) is 0 Å². The number of benzene rings is 1. The van der Waals surface area contributed by atoms with Crippen LogP contribution in [-0.4, -0.2) is 45.8 Å². The van der Waals surface area contributed by atoms with Crippen LogP contribution in [0.2, 0.25) is 0 Å². The minimum Gasteiger partial charge on any atom is -0.380 e. The number of alkyl halides is 3. The highest BCUT2D eigenvalue weighted by molar-refractivity contribution is 6.05. The zero-order valence-electron chi connectivity index (χ0n) is 13.1. The quantitative estimate of drug-likeness (QED) is 0.869. The molecule has 1 aromatic carbocycles. The Labute approximate surface area is 136 Å². The smallest absolute Gasteiger partial charge is 0.380 e. The number of hydrogen-bond donors (Lipinski definition) is 1. The fourth-order valence-electron chi connectivity index (χ4n) is 2.95. The van der Waals surface area contributed by atoms with Crippen LogP contribution in [0.5, 0.6) is 0 Å². The van der Waals surface area contributed by atoms with Crippen molar-refractivity contribution in [2.45, 2.75) is 31.5 Å². The van der Waals surface area contributed by atoms with Gasteiger partial charge in [-0.05, 0) is 19.1 Å². The van der Waals surface area contributed by atoms with Crippen LogP contribution in [-0.2, 0) is 0 Å². The molecule has 0 aliphatic carbocycles. The predicted octanol–water partition coefficient (Wildman–Crippen LogP) is 3.07. The fourth-order valence-corrected chi connectivity index (χ4v) is 2.95. The van der Waals surface area contributed by atoms with E-state index in [9.17, 15) is 23.1 Å². The second-order valence-electron chi connectivity index (χ2n) is 6.15. The Hall–Kier alpha value is -2.15. The summed E-state index contributed by atoms with van der Waals surface area (Å²) < 4.78 is 38.6. The van der Waals surface area contributed by atoms with Crippen molar-refractivity contribution in [1.29, 1.82) is 0 Å². The van der Waals surface area contributed by atoms with Crippen LogP contribution in [0.1, 0.15) is 28.9 Å². The molecule has 1 aromatic heterocycles. The molecule has 0 bridgehead atoms. The lowest BCUT2D eigenvalue weighted by Crippen LogP contribution is -2.54. The van der Waals surface area contributed by atoms with Crippen molar-refractivity contribution in [3.8, 4) is 0 Å². The first-order valence-corrected chi connectivity index (χ1v) is 7.66. The summed E-state index contributed by atoms with van der Waals surface area (Å²) in [5.41, 5.74) is -1.04. The largest absolute Gasteiger partial charge is 0.417 e. The lowest BCUT2D eigenvalue weighted by Gasteiger charge is -2.39. The minimum absolute atomic E-state index is 0.142. The molecule has 0 unspecified atom stereocenters. The summed E-state index contributed by atoms with van der Waals surface area (Å²) in [7, 11) is 0. The molecule has 0 radical (unpaired) electrons. The number of carbonyl (C=O) groups excluding carboxylic acids is 1. The number of pyridine rings is 1. The molecule has 2 heterocycles. The SMILES string of the molecule is Cc1ccc2cccc(C(=O)N3CCC(O)(C(F)(F)F)CC3)c2n1. The Balaban J connectivity index is 1.85. The van der Waals surface area contributed by atoms with E-state index in [4.69, 9.17) is 0 Å². The van der Waals surface area contributed by atoms with Crippen molar-refractivity contribution in [3.05, 3.63) is 41.6 Å². The molecule has 2 aromatic rings. The number of hydrogen-bond acceptors (Lipinski definition) is 3. The number of amides is 1. The van der Waals surface area contributed by atoms with Gasteiger partial charge in [-0.2, -0.15) is 13.2 Å². The second-order valence-corrected chi connectivity index (χ2v) is 6.15. The van der Waals surface area contributed by atoms with E-state index in [1.54, 1.807) is 12.1 Å². The third-order valence-corrected chi connectivity index (χ3v) is 4.50. The summed E-state index contributed by atoms with van der Waals surface area (Å²) in [6.07, 6.45) is -5.71. The molecule has 1 fully saturated rings. The lowest BCUT2D eigenvalue weighted by atomic mass is 9.90. The third kappa shape index (κ3) is 2.84. The van der Waals surface area contributed by atoms with Gasteiger partial charge in [-0.25, -0.2) is 0 Å². The van der Waals surface area contributed by atoms with Crippen LogP contribution < -0.4 is 0 Å². The summed E-state index contributed by atoms with van der Waals surface area (Å²) in [6, 6.07) is 8.87. The minimum atomic E-state index is -4.68. The molecule has 1 amide bonds. The molecular weight excluding hydrogens is 321 g/mol. The Kier molecular flexibility index (Phi) is 3.99. The first kappa shape index (κ1) is 16.7. The van der Waals surface area contributed by atoms with E-state index >= 15 is 0 Å². The molecule has 3 rings (SSSR count). The first-order valence-electron chi connectivity index (χ1n) is 7.66. The van der Waals surface area contributed by atoms with Gasteiger partial charge in [0.2, 0.25) is 0 Å². The van der Waals surface area contributed by atoms with Crippen molar-refractivity contribution in [2.24, 2.45) is 0 Å². The van der Waals surface area contributed by atoms with E-state index in [1.807, 2.05) is 25.1 Å². The van der Waals surface area contributed by atoms with Gasteiger partial charge in [-0.15, -0.1) is 0 Å². The molecule has 1 aliphatic heterocycles. The summed E-state index contributed by atoms with van der Waals surface area (Å²) in [5, 5.41) is 10.5. The van der Waals surface area contributed by atoms with Gasteiger partial charge >= 0.3 is 6.18 Å². The van der Waals surface area contributed by atoms with Gasteiger partial charge in [0.15, 0.2) is 5.60 Å². The van der Waals surface area contributed by atoms with Gasteiger partial charge in [0.1, 0.15) is 0 Å². The van der Waals surface area contributed by atoms with E-state index < -0.39 is 24.6 Å². The maximum Gasteiger partial charge on any atom is 0.417 e. The number of aromatic nitrogens is 1. The standard InChI is InChI=1S/C17H17F3N2O2/c1-11-5-6-12-3-2-4-13(14(12)21-11)15(23)22-9-7-16(24,8-10-22)17(18,19)20/h2-6,24H,7-10H2,1H3. The third-order valence-electron chi connectivity index (χ3n) is 4.50. The summed E-state index contributed by atoms with van der Waals surface area (Å²) in [6.45, 7) is 1.53. The molecule has 1 N–H and O–H groups in total. The molecule has 4 nitrogen and oxygen atoms in total. The van der Waals surface area contributed by atoms with Crippen molar-refractivity contribution >= 4 is 16.8 Å².